The van der Waals surface area contributed by atoms with Crippen LogP contribution in [0.5, 0.6) is 0 Å². The number of nitrogens with zero attached hydrogens (tertiary/aromatic N) is 1. The SMILES string of the molecule is COC(=O)C1CC(=O)CN1C(=O)OCC[Si](C)(C)C. The lowest BCUT2D eigenvalue weighted by Gasteiger charge is -2.22. The first-order valence-electron chi connectivity index (χ1n) is 6.27. The second kappa shape index (κ2) is 6.18. The highest BCUT2D eigenvalue weighted by Crippen LogP contribution is 2.17. The molecule has 0 spiro atoms. The number of likely N-dealkylation sites (tertiary alicyclic amines) is 1. The molecular formula is C12H21NO5Si. The van der Waals surface area contributed by atoms with Gasteiger partial charge >= 0.3 is 12.1 Å². The Bertz CT molecular complexity index is 377. The minimum atomic E-state index is -1.28. The van der Waals surface area contributed by atoms with E-state index in [9.17, 15) is 14.4 Å². The lowest BCUT2D eigenvalue weighted by atomic mass is 10.2. The third-order valence-corrected chi connectivity index (χ3v) is 4.63. The highest BCUT2D eigenvalue weighted by atomic mass is 28.3. The van der Waals surface area contributed by atoms with Crippen LogP contribution in [0, 0.1) is 0 Å². The maximum absolute atomic E-state index is 11.9. The van der Waals surface area contributed by atoms with Crippen LogP contribution in [0.25, 0.3) is 0 Å². The summed E-state index contributed by atoms with van der Waals surface area (Å²) in [6.45, 7) is 6.78. The minimum absolute atomic E-state index is 0.00972. The molecule has 0 aliphatic carbocycles. The molecule has 19 heavy (non-hydrogen) atoms. The quantitative estimate of drug-likeness (QED) is 0.575. The van der Waals surface area contributed by atoms with Gasteiger partial charge in [0.1, 0.15) is 6.04 Å². The van der Waals surface area contributed by atoms with Crippen LogP contribution in [-0.4, -0.2) is 57.1 Å². The number of esters is 1. The van der Waals surface area contributed by atoms with Crippen molar-refractivity contribution < 1.29 is 23.9 Å². The number of ketones is 1. The van der Waals surface area contributed by atoms with E-state index < -0.39 is 26.2 Å². The molecule has 108 valence electrons. The summed E-state index contributed by atoms with van der Waals surface area (Å²) in [6, 6.07) is 0.0144. The fourth-order valence-electron chi connectivity index (χ4n) is 1.76. The number of Topliss-reactive ketones (excluding diaryl/α,β-unsaturated/α-hetero) is 1. The van der Waals surface area contributed by atoms with Gasteiger partial charge in [0, 0.05) is 14.5 Å². The Morgan fingerprint density at radius 1 is 1.37 bits per heavy atom. The zero-order chi connectivity index (χ0) is 14.6. The third kappa shape index (κ3) is 4.66. The van der Waals surface area contributed by atoms with Crippen LogP contribution in [0.1, 0.15) is 6.42 Å². The normalized spacial score (nSPS) is 19.5. The van der Waals surface area contributed by atoms with E-state index in [1.54, 1.807) is 0 Å². The molecule has 1 unspecified atom stereocenters. The average molecular weight is 287 g/mol. The molecule has 0 aromatic heterocycles. The molecule has 0 aromatic rings. The number of carbonyl (C=O) groups is 3. The molecule has 1 amide bonds. The second-order valence-electron chi connectivity index (χ2n) is 5.83. The van der Waals surface area contributed by atoms with Crippen LogP contribution in [0.15, 0.2) is 0 Å². The predicted octanol–water partition coefficient (Wildman–Crippen LogP) is 1.28. The Labute approximate surface area is 114 Å². The molecule has 0 radical (unpaired) electrons. The largest absolute Gasteiger partial charge is 0.467 e. The minimum Gasteiger partial charge on any atom is -0.467 e. The lowest BCUT2D eigenvalue weighted by molar-refractivity contribution is -0.145. The third-order valence-electron chi connectivity index (χ3n) is 2.93. The van der Waals surface area contributed by atoms with Crippen LogP contribution in [0.4, 0.5) is 4.79 Å². The molecule has 1 aliphatic rings. The van der Waals surface area contributed by atoms with E-state index in [0.29, 0.717) is 6.61 Å². The Hall–Kier alpha value is -1.37. The Morgan fingerprint density at radius 2 is 2.00 bits per heavy atom. The van der Waals surface area contributed by atoms with Gasteiger partial charge < -0.3 is 9.47 Å². The number of ether oxygens (including phenoxy) is 2. The molecule has 1 fully saturated rings. The van der Waals surface area contributed by atoms with Crippen molar-refractivity contribution in [1.82, 2.24) is 4.90 Å². The van der Waals surface area contributed by atoms with Gasteiger partial charge in [0.05, 0.1) is 20.3 Å². The zero-order valence-corrected chi connectivity index (χ0v) is 12.9. The van der Waals surface area contributed by atoms with Crippen LogP contribution >= 0.6 is 0 Å². The number of hydrogen-bond acceptors (Lipinski definition) is 5. The van der Waals surface area contributed by atoms with E-state index in [1.165, 1.54) is 7.11 Å². The number of amides is 1. The first-order chi connectivity index (χ1) is 8.74. The van der Waals surface area contributed by atoms with Crippen molar-refractivity contribution in [2.75, 3.05) is 20.3 Å². The van der Waals surface area contributed by atoms with Crippen molar-refractivity contribution in [3.63, 3.8) is 0 Å². The molecule has 6 nitrogen and oxygen atoms in total. The number of hydrogen-bond donors (Lipinski definition) is 0. The molecule has 1 atom stereocenters. The molecule has 1 rings (SSSR count). The van der Waals surface area contributed by atoms with Gasteiger partial charge in [-0.2, -0.15) is 0 Å². The summed E-state index contributed by atoms with van der Waals surface area (Å²) in [5, 5.41) is 0. The van der Waals surface area contributed by atoms with Gasteiger partial charge in [0.2, 0.25) is 0 Å². The van der Waals surface area contributed by atoms with Crippen LogP contribution in [0.2, 0.25) is 25.7 Å². The number of carbonyl (C=O) groups excluding carboxylic acids is 3. The summed E-state index contributed by atoms with van der Waals surface area (Å²) in [5.41, 5.74) is 0. The highest BCUT2D eigenvalue weighted by Gasteiger charge is 2.40. The summed E-state index contributed by atoms with van der Waals surface area (Å²) in [4.78, 5) is 35.9. The first-order valence-corrected chi connectivity index (χ1v) is 9.98. The molecule has 0 saturated carbocycles. The summed E-state index contributed by atoms with van der Waals surface area (Å²) in [5.74, 6) is -0.731. The predicted molar refractivity (Wildman–Crippen MR) is 71.6 cm³/mol. The van der Waals surface area contributed by atoms with Gasteiger partial charge in [-0.3, -0.25) is 9.69 Å². The van der Waals surface area contributed by atoms with E-state index in [2.05, 4.69) is 24.4 Å². The van der Waals surface area contributed by atoms with Gasteiger partial charge in [0.25, 0.3) is 0 Å². The first kappa shape index (κ1) is 15.7. The fraction of sp³-hybridized carbons (Fsp3) is 0.750. The van der Waals surface area contributed by atoms with Crippen molar-refractivity contribution in [3.8, 4) is 0 Å². The highest BCUT2D eigenvalue weighted by molar-refractivity contribution is 6.76. The zero-order valence-electron chi connectivity index (χ0n) is 11.9. The molecule has 0 N–H and O–H groups in total. The van der Waals surface area contributed by atoms with Crippen molar-refractivity contribution in [2.24, 2.45) is 0 Å². The van der Waals surface area contributed by atoms with E-state index in [-0.39, 0.29) is 18.7 Å². The van der Waals surface area contributed by atoms with E-state index in [1.807, 2.05) is 0 Å². The molecule has 1 aliphatic heterocycles. The summed E-state index contributed by atoms with van der Waals surface area (Å²) in [6.07, 6.45) is -0.602. The monoisotopic (exact) mass is 287 g/mol. The van der Waals surface area contributed by atoms with Crippen molar-refractivity contribution in [2.45, 2.75) is 38.1 Å². The maximum atomic E-state index is 11.9. The fourth-order valence-corrected chi connectivity index (χ4v) is 2.47. The standard InChI is InChI=1S/C12H21NO5Si/c1-17-11(15)10-7-9(14)8-13(10)12(16)18-5-6-19(2,3)4/h10H,5-8H2,1-4H3. The molecule has 1 saturated heterocycles. The molecule has 0 aromatic carbocycles. The van der Waals surface area contributed by atoms with E-state index >= 15 is 0 Å². The Balaban J connectivity index is 2.55. The van der Waals surface area contributed by atoms with Crippen molar-refractivity contribution >= 4 is 25.9 Å². The topological polar surface area (TPSA) is 72.9 Å². The van der Waals surface area contributed by atoms with Gasteiger partial charge in [0.15, 0.2) is 5.78 Å². The molecular weight excluding hydrogens is 266 g/mol. The summed E-state index contributed by atoms with van der Waals surface area (Å²) in [7, 11) is -0.0411. The molecule has 1 heterocycles. The molecule has 7 heteroatoms. The summed E-state index contributed by atoms with van der Waals surface area (Å²) < 4.78 is 9.72. The average Bonchev–Trinajstić information content (AvgIpc) is 2.68. The lowest BCUT2D eigenvalue weighted by Crippen LogP contribution is -2.41. The van der Waals surface area contributed by atoms with Gasteiger partial charge in [-0.05, 0) is 6.04 Å². The van der Waals surface area contributed by atoms with Crippen LogP contribution in [0.3, 0.4) is 0 Å². The Morgan fingerprint density at radius 3 is 2.53 bits per heavy atom. The van der Waals surface area contributed by atoms with Crippen molar-refractivity contribution in [1.29, 1.82) is 0 Å². The number of methoxy groups -OCH3 is 1. The second-order valence-corrected chi connectivity index (χ2v) is 11.5. The Kier molecular flexibility index (Phi) is 5.10. The van der Waals surface area contributed by atoms with Crippen LogP contribution < -0.4 is 0 Å². The van der Waals surface area contributed by atoms with E-state index in [4.69, 9.17) is 4.74 Å². The molecule has 0 bridgehead atoms. The maximum Gasteiger partial charge on any atom is 0.410 e. The van der Waals surface area contributed by atoms with Gasteiger partial charge in [-0.15, -0.1) is 0 Å². The van der Waals surface area contributed by atoms with Crippen molar-refractivity contribution in [3.05, 3.63) is 0 Å². The number of rotatable bonds is 4. The van der Waals surface area contributed by atoms with E-state index in [0.717, 1.165) is 10.9 Å². The van der Waals surface area contributed by atoms with Gasteiger partial charge in [-0.1, -0.05) is 19.6 Å². The van der Waals surface area contributed by atoms with Gasteiger partial charge in [-0.25, -0.2) is 9.59 Å². The smallest absolute Gasteiger partial charge is 0.410 e. The van der Waals surface area contributed by atoms with Crippen LogP contribution in [-0.2, 0) is 19.1 Å². The summed E-state index contributed by atoms with van der Waals surface area (Å²) >= 11 is 0.